The molecule has 0 atom stereocenters. The number of hydrogen-bond acceptors (Lipinski definition) is 3. The van der Waals surface area contributed by atoms with Crippen molar-refractivity contribution in [1.29, 1.82) is 0 Å². The lowest BCUT2D eigenvalue weighted by Gasteiger charge is -2.10. The third-order valence-corrected chi connectivity index (χ3v) is 3.61. The number of halogens is 2. The monoisotopic (exact) mass is 381 g/mol. The van der Waals surface area contributed by atoms with Crippen molar-refractivity contribution in [3.63, 3.8) is 0 Å². The predicted molar refractivity (Wildman–Crippen MR) is 84.4 cm³/mol. The molecule has 0 unspecified atom stereocenters. The lowest BCUT2D eigenvalue weighted by atomic mass is 10.2. The zero-order chi connectivity index (χ0) is 14.3. The van der Waals surface area contributed by atoms with Crippen LogP contribution in [0.5, 0.6) is 0 Å². The van der Waals surface area contributed by atoms with Crippen molar-refractivity contribution >= 4 is 39.4 Å². The first kappa shape index (κ1) is 13.0. The average Bonchev–Trinajstić information content (AvgIpc) is 2.42. The van der Waals surface area contributed by atoms with Crippen LogP contribution in [0.1, 0.15) is 0 Å². The molecule has 6 heteroatoms. The molecule has 0 saturated heterocycles. The van der Waals surface area contributed by atoms with Crippen LogP contribution in [-0.2, 0) is 0 Å². The van der Waals surface area contributed by atoms with Gasteiger partial charge >= 0.3 is 0 Å². The predicted octanol–water partition coefficient (Wildman–Crippen LogP) is 2.71. The van der Waals surface area contributed by atoms with Gasteiger partial charge in [-0.3, -0.25) is 4.79 Å². The summed E-state index contributed by atoms with van der Waals surface area (Å²) in [6, 6.07) is 10.9. The van der Waals surface area contributed by atoms with Gasteiger partial charge in [-0.15, -0.1) is 0 Å². The van der Waals surface area contributed by atoms with Crippen molar-refractivity contribution < 1.29 is 4.39 Å². The number of benzene rings is 2. The molecule has 0 bridgehead atoms. The van der Waals surface area contributed by atoms with Gasteiger partial charge < -0.3 is 5.73 Å². The Balaban J connectivity index is 2.36. The highest BCUT2D eigenvalue weighted by atomic mass is 127. The Morgan fingerprint density at radius 1 is 1.15 bits per heavy atom. The summed E-state index contributed by atoms with van der Waals surface area (Å²) in [7, 11) is 0. The van der Waals surface area contributed by atoms with E-state index in [1.54, 1.807) is 12.1 Å². The second-order valence-electron chi connectivity index (χ2n) is 4.25. The molecule has 1 aromatic heterocycles. The number of anilines is 1. The highest BCUT2D eigenvalue weighted by molar-refractivity contribution is 14.1. The van der Waals surface area contributed by atoms with Crippen molar-refractivity contribution in [3.05, 3.63) is 62.2 Å². The van der Waals surface area contributed by atoms with Crippen molar-refractivity contribution in [2.24, 2.45) is 0 Å². The van der Waals surface area contributed by atoms with Crippen molar-refractivity contribution in [3.8, 4) is 5.69 Å². The average molecular weight is 381 g/mol. The van der Waals surface area contributed by atoms with E-state index in [4.69, 9.17) is 5.73 Å². The fraction of sp³-hybridized carbons (Fsp3) is 0. The molecule has 0 spiro atoms. The minimum absolute atomic E-state index is 0.0790. The van der Waals surface area contributed by atoms with Gasteiger partial charge in [-0.1, -0.05) is 0 Å². The van der Waals surface area contributed by atoms with E-state index >= 15 is 0 Å². The van der Waals surface area contributed by atoms with Gasteiger partial charge in [-0.25, -0.2) is 13.9 Å². The molecule has 100 valence electrons. The summed E-state index contributed by atoms with van der Waals surface area (Å²) in [5.41, 5.74) is 6.62. The van der Waals surface area contributed by atoms with Gasteiger partial charge in [0.05, 0.1) is 16.6 Å². The Kier molecular flexibility index (Phi) is 3.17. The van der Waals surface area contributed by atoms with Crippen molar-refractivity contribution in [1.82, 2.24) is 9.55 Å². The molecule has 4 nitrogen and oxygen atoms in total. The smallest absolute Gasteiger partial charge is 0.267 e. The lowest BCUT2D eigenvalue weighted by molar-refractivity contribution is 0.627. The standard InChI is InChI=1S/C14H9FIN3O/c15-8-1-4-10(5-2-8)19-13(20)11-7-9(16)3-6-12(11)18-14(19)17/h1-7H,(H2,17,18). The summed E-state index contributed by atoms with van der Waals surface area (Å²) in [6.45, 7) is 0. The number of nitrogens with two attached hydrogens (primary N) is 1. The van der Waals surface area contributed by atoms with Gasteiger partial charge in [0, 0.05) is 3.57 Å². The van der Waals surface area contributed by atoms with Crippen molar-refractivity contribution in [2.75, 3.05) is 5.73 Å². The van der Waals surface area contributed by atoms with Crippen LogP contribution in [0, 0.1) is 9.39 Å². The van der Waals surface area contributed by atoms with Gasteiger partial charge in [0.1, 0.15) is 5.82 Å². The maximum atomic E-state index is 13.0. The van der Waals surface area contributed by atoms with Gasteiger partial charge in [0.2, 0.25) is 5.95 Å². The first-order valence-corrected chi connectivity index (χ1v) is 6.88. The van der Waals surface area contributed by atoms with E-state index in [2.05, 4.69) is 27.6 Å². The van der Waals surface area contributed by atoms with Crippen LogP contribution in [0.3, 0.4) is 0 Å². The quantitative estimate of drug-likeness (QED) is 0.660. The van der Waals surface area contributed by atoms with Gasteiger partial charge in [0.25, 0.3) is 5.56 Å². The highest BCUT2D eigenvalue weighted by Crippen LogP contribution is 2.16. The minimum Gasteiger partial charge on any atom is -0.369 e. The molecule has 20 heavy (non-hydrogen) atoms. The van der Waals surface area contributed by atoms with Crippen LogP contribution in [0.25, 0.3) is 16.6 Å². The summed E-state index contributed by atoms with van der Waals surface area (Å²) in [6.07, 6.45) is 0. The van der Waals surface area contributed by atoms with Crippen LogP contribution in [0.4, 0.5) is 10.3 Å². The molecule has 3 rings (SSSR count). The van der Waals surface area contributed by atoms with E-state index in [1.807, 2.05) is 6.07 Å². The lowest BCUT2D eigenvalue weighted by Crippen LogP contribution is -2.23. The Labute approximate surface area is 127 Å². The third kappa shape index (κ3) is 2.15. The Hall–Kier alpha value is -1.96. The molecule has 0 radical (unpaired) electrons. The van der Waals surface area contributed by atoms with E-state index in [-0.39, 0.29) is 17.3 Å². The van der Waals surface area contributed by atoms with Crippen molar-refractivity contribution in [2.45, 2.75) is 0 Å². The normalized spacial score (nSPS) is 10.9. The maximum absolute atomic E-state index is 13.0. The molecule has 0 aliphatic carbocycles. The summed E-state index contributed by atoms with van der Waals surface area (Å²) in [5, 5.41) is 0.482. The fourth-order valence-electron chi connectivity index (χ4n) is 2.01. The van der Waals surface area contributed by atoms with Gasteiger partial charge in [-0.05, 0) is 65.1 Å². The summed E-state index contributed by atoms with van der Waals surface area (Å²) in [5.74, 6) is -0.293. The molecule has 0 amide bonds. The third-order valence-electron chi connectivity index (χ3n) is 2.94. The Bertz CT molecular complexity index is 859. The highest BCUT2D eigenvalue weighted by Gasteiger charge is 2.10. The summed E-state index contributed by atoms with van der Waals surface area (Å²) in [4.78, 5) is 16.8. The van der Waals surface area contributed by atoms with E-state index in [9.17, 15) is 9.18 Å². The van der Waals surface area contributed by atoms with E-state index in [0.717, 1.165) is 3.57 Å². The maximum Gasteiger partial charge on any atom is 0.267 e. The largest absolute Gasteiger partial charge is 0.369 e. The zero-order valence-electron chi connectivity index (χ0n) is 10.2. The minimum atomic E-state index is -0.372. The Morgan fingerprint density at radius 3 is 2.55 bits per heavy atom. The molecule has 2 aromatic carbocycles. The van der Waals surface area contributed by atoms with E-state index < -0.39 is 0 Å². The SMILES string of the molecule is Nc1nc2ccc(I)cc2c(=O)n1-c1ccc(F)cc1. The Morgan fingerprint density at radius 2 is 1.85 bits per heavy atom. The number of nitrogen functional groups attached to an aromatic ring is 1. The number of hydrogen-bond donors (Lipinski definition) is 1. The van der Waals surface area contributed by atoms with Crippen LogP contribution < -0.4 is 11.3 Å². The molecule has 0 aliphatic rings. The molecule has 0 fully saturated rings. The summed E-state index contributed by atoms with van der Waals surface area (Å²) < 4.78 is 15.2. The molecule has 0 saturated carbocycles. The molecule has 3 aromatic rings. The molecular weight excluding hydrogens is 372 g/mol. The van der Waals surface area contributed by atoms with Gasteiger partial charge in [-0.2, -0.15) is 0 Å². The number of nitrogens with zero attached hydrogens (tertiary/aromatic N) is 2. The molecule has 0 aliphatic heterocycles. The zero-order valence-corrected chi connectivity index (χ0v) is 12.3. The second-order valence-corrected chi connectivity index (χ2v) is 5.49. The molecular formula is C14H9FIN3O. The molecule has 2 N–H and O–H groups in total. The first-order valence-electron chi connectivity index (χ1n) is 5.80. The molecule has 1 heterocycles. The number of rotatable bonds is 1. The van der Waals surface area contributed by atoms with Crippen LogP contribution in [0.15, 0.2) is 47.3 Å². The van der Waals surface area contributed by atoms with Crippen LogP contribution in [0.2, 0.25) is 0 Å². The van der Waals surface area contributed by atoms with Gasteiger partial charge in [0.15, 0.2) is 0 Å². The van der Waals surface area contributed by atoms with E-state index in [0.29, 0.717) is 16.6 Å². The first-order chi connectivity index (χ1) is 9.56. The topological polar surface area (TPSA) is 60.9 Å². The number of aromatic nitrogens is 2. The van der Waals surface area contributed by atoms with Crippen LogP contribution in [-0.4, -0.2) is 9.55 Å². The van der Waals surface area contributed by atoms with Crippen LogP contribution >= 0.6 is 22.6 Å². The number of fused-ring (bicyclic) bond motifs is 1. The fourth-order valence-corrected chi connectivity index (χ4v) is 2.51. The van der Waals surface area contributed by atoms with E-state index in [1.165, 1.54) is 28.8 Å². The summed E-state index contributed by atoms with van der Waals surface area (Å²) >= 11 is 2.13. The second kappa shape index (κ2) is 4.86.